The molecule has 0 aromatic carbocycles. The Morgan fingerprint density at radius 1 is 0.923 bits per heavy atom. The molecule has 6 heteroatoms. The molecule has 2 saturated carbocycles. The highest BCUT2D eigenvalue weighted by atomic mass is 16.6. The van der Waals surface area contributed by atoms with Crippen molar-refractivity contribution in [3.8, 4) is 6.07 Å². The highest BCUT2D eigenvalue weighted by Crippen LogP contribution is 2.72. The summed E-state index contributed by atoms with van der Waals surface area (Å²) in [5.41, 5.74) is -1.34. The number of rotatable bonds is 1. The Morgan fingerprint density at radius 3 is 2.18 bits per heavy atom. The van der Waals surface area contributed by atoms with Crippen LogP contribution >= 0.6 is 0 Å². The van der Waals surface area contributed by atoms with Crippen LogP contribution in [0, 0.1) is 55.7 Å². The molecule has 1 aliphatic heterocycles. The number of methoxy groups -OCH3 is 1. The Hall–Kier alpha value is -1.58. The SMILES string of the molecule is COC(=O)[C@@]1(C)CCC(C)(C)CCC2OC(O)C[C@@H]3[C@@]4(C)CC(C#N)=C(O)C(C)(C)[C@@H]4CC[C@@]3(C)[C@]2(C)CC1. The van der Waals surface area contributed by atoms with Gasteiger partial charge in [-0.1, -0.05) is 48.5 Å². The van der Waals surface area contributed by atoms with Crippen molar-refractivity contribution >= 4 is 5.97 Å². The first-order valence-corrected chi connectivity index (χ1v) is 15.1. The average Bonchev–Trinajstić information content (AvgIpc) is 2.95. The smallest absolute Gasteiger partial charge is 0.311 e. The molecule has 0 spiro atoms. The van der Waals surface area contributed by atoms with Gasteiger partial charge in [0.2, 0.25) is 0 Å². The van der Waals surface area contributed by atoms with Gasteiger partial charge in [-0.3, -0.25) is 4.79 Å². The van der Waals surface area contributed by atoms with Gasteiger partial charge in [0.15, 0.2) is 6.29 Å². The van der Waals surface area contributed by atoms with Crippen LogP contribution in [0.1, 0.15) is 120 Å². The summed E-state index contributed by atoms with van der Waals surface area (Å²) in [6.07, 6.45) is 6.98. The van der Waals surface area contributed by atoms with E-state index in [9.17, 15) is 20.3 Å². The maximum absolute atomic E-state index is 13.2. The van der Waals surface area contributed by atoms with Crippen LogP contribution in [0.15, 0.2) is 11.3 Å². The summed E-state index contributed by atoms with van der Waals surface area (Å²) in [5, 5.41) is 32.6. The predicted molar refractivity (Wildman–Crippen MR) is 151 cm³/mol. The topological polar surface area (TPSA) is 99.8 Å². The quantitative estimate of drug-likeness (QED) is 0.333. The fraction of sp³-hybridized carbons (Fsp3) is 0.879. The second-order valence-electron chi connectivity index (χ2n) is 15.9. The summed E-state index contributed by atoms with van der Waals surface area (Å²) in [6.45, 7) is 17.8. The number of fused-ring (bicyclic) bond motifs is 5. The number of allylic oxidation sites excluding steroid dienone is 2. The van der Waals surface area contributed by atoms with Crippen LogP contribution in [-0.2, 0) is 14.3 Å². The van der Waals surface area contributed by atoms with E-state index in [-0.39, 0.29) is 51.3 Å². The number of hydrogen-bond donors (Lipinski definition) is 2. The zero-order valence-corrected chi connectivity index (χ0v) is 25.9. The summed E-state index contributed by atoms with van der Waals surface area (Å²) < 4.78 is 12.0. The Balaban J connectivity index is 1.86. The van der Waals surface area contributed by atoms with Crippen molar-refractivity contribution in [3.63, 3.8) is 0 Å². The highest BCUT2D eigenvalue weighted by molar-refractivity contribution is 5.76. The molecule has 39 heavy (non-hydrogen) atoms. The molecule has 3 aliphatic carbocycles. The number of hydrogen-bond acceptors (Lipinski definition) is 6. The van der Waals surface area contributed by atoms with Gasteiger partial charge in [0.1, 0.15) is 5.76 Å². The standard InChI is InChI=1S/C33H53NO5/c1-28(2)12-11-24-33(8,17-16-30(5,15-14-28)27(37)38-9)32(7)13-10-22-29(3,4)26(36)21(20-34)19-31(22,6)23(32)18-25(35)39-24/h22-25,35-36H,10-19H2,1-9H3/t22-,23+,24?,25?,30-,31-,32+,33+/m0/s1. The summed E-state index contributed by atoms with van der Waals surface area (Å²) in [4.78, 5) is 13.2. The third-order valence-corrected chi connectivity index (χ3v) is 12.9. The molecule has 0 amide bonds. The number of carbonyl (C=O) groups is 1. The van der Waals surface area contributed by atoms with Crippen LogP contribution in [0.25, 0.3) is 0 Å². The zero-order chi connectivity index (χ0) is 29.2. The molecule has 1 saturated heterocycles. The number of nitrogens with zero attached hydrogens (tertiary/aromatic N) is 1. The van der Waals surface area contributed by atoms with Gasteiger partial charge in [-0.05, 0) is 98.2 Å². The van der Waals surface area contributed by atoms with Gasteiger partial charge < -0.3 is 19.7 Å². The fourth-order valence-corrected chi connectivity index (χ4v) is 9.84. The third kappa shape index (κ3) is 4.64. The second kappa shape index (κ2) is 9.76. The first-order valence-electron chi connectivity index (χ1n) is 15.1. The summed E-state index contributed by atoms with van der Waals surface area (Å²) in [5.74, 6) is 0.371. The number of esters is 1. The number of ether oxygens (including phenoxy) is 2. The van der Waals surface area contributed by atoms with Gasteiger partial charge in [-0.2, -0.15) is 5.26 Å². The third-order valence-electron chi connectivity index (χ3n) is 12.9. The Kier molecular flexibility index (Phi) is 7.60. The minimum absolute atomic E-state index is 0.0372. The molecule has 4 aliphatic rings. The Morgan fingerprint density at radius 2 is 1.56 bits per heavy atom. The minimum Gasteiger partial charge on any atom is -0.511 e. The van der Waals surface area contributed by atoms with Crippen molar-refractivity contribution in [2.24, 2.45) is 44.3 Å². The fourth-order valence-electron chi connectivity index (χ4n) is 9.84. The van der Waals surface area contributed by atoms with Crippen molar-refractivity contribution in [1.82, 2.24) is 0 Å². The molecule has 3 fully saturated rings. The van der Waals surface area contributed by atoms with Crippen molar-refractivity contribution in [1.29, 1.82) is 5.26 Å². The van der Waals surface area contributed by atoms with Gasteiger partial charge >= 0.3 is 5.97 Å². The van der Waals surface area contributed by atoms with Gasteiger partial charge in [-0.25, -0.2) is 0 Å². The van der Waals surface area contributed by atoms with Crippen LogP contribution < -0.4 is 0 Å². The lowest BCUT2D eigenvalue weighted by Crippen LogP contribution is -2.61. The van der Waals surface area contributed by atoms with Crippen LogP contribution in [0.2, 0.25) is 0 Å². The Bertz CT molecular complexity index is 1060. The highest BCUT2D eigenvalue weighted by Gasteiger charge is 2.67. The van der Waals surface area contributed by atoms with Crippen LogP contribution in [0.4, 0.5) is 0 Å². The minimum atomic E-state index is -0.886. The normalized spacial score (nSPS) is 46.0. The zero-order valence-electron chi connectivity index (χ0n) is 25.9. The molecule has 2 unspecified atom stereocenters. The summed E-state index contributed by atoms with van der Waals surface area (Å²) in [7, 11) is 1.49. The number of aliphatic hydroxyl groups is 2. The maximum atomic E-state index is 13.2. The van der Waals surface area contributed by atoms with E-state index in [1.165, 1.54) is 7.11 Å². The van der Waals surface area contributed by atoms with Gasteiger partial charge in [0.05, 0.1) is 30.3 Å². The molecule has 220 valence electrons. The number of nitriles is 1. The van der Waals surface area contributed by atoms with Crippen molar-refractivity contribution in [2.45, 2.75) is 132 Å². The molecule has 0 bridgehead atoms. The molecule has 1 heterocycles. The van der Waals surface area contributed by atoms with Crippen molar-refractivity contribution in [3.05, 3.63) is 11.3 Å². The molecular weight excluding hydrogens is 490 g/mol. The first-order chi connectivity index (χ1) is 17.9. The van der Waals surface area contributed by atoms with Gasteiger partial charge in [0.25, 0.3) is 0 Å². The number of carbonyl (C=O) groups excluding carboxylic acids is 1. The molecule has 2 N–H and O–H groups in total. The van der Waals surface area contributed by atoms with Crippen LogP contribution in [0.5, 0.6) is 0 Å². The lowest BCUT2D eigenvalue weighted by atomic mass is 9.38. The van der Waals surface area contributed by atoms with E-state index in [1.54, 1.807) is 0 Å². The van der Waals surface area contributed by atoms with E-state index in [2.05, 4.69) is 61.5 Å². The van der Waals surface area contributed by atoms with E-state index in [1.807, 2.05) is 0 Å². The summed E-state index contributed by atoms with van der Waals surface area (Å²) in [6, 6.07) is 2.32. The van der Waals surface area contributed by atoms with E-state index >= 15 is 0 Å². The van der Waals surface area contributed by atoms with Gasteiger partial charge in [-0.15, -0.1) is 0 Å². The second-order valence-corrected chi connectivity index (χ2v) is 15.9. The maximum Gasteiger partial charge on any atom is 0.311 e. The lowest BCUT2D eigenvalue weighted by Gasteiger charge is -2.66. The van der Waals surface area contributed by atoms with Crippen molar-refractivity contribution < 1.29 is 24.5 Å². The monoisotopic (exact) mass is 543 g/mol. The van der Waals surface area contributed by atoms with E-state index in [0.29, 0.717) is 24.8 Å². The molecule has 8 atom stereocenters. The summed E-state index contributed by atoms with van der Waals surface area (Å²) >= 11 is 0. The van der Waals surface area contributed by atoms with E-state index in [0.717, 1.165) is 44.9 Å². The van der Waals surface area contributed by atoms with Crippen LogP contribution in [-0.4, -0.2) is 35.7 Å². The van der Waals surface area contributed by atoms with Crippen molar-refractivity contribution in [2.75, 3.05) is 7.11 Å². The van der Waals surface area contributed by atoms with Gasteiger partial charge in [0, 0.05) is 11.8 Å². The molecule has 0 aromatic heterocycles. The molecule has 6 nitrogen and oxygen atoms in total. The lowest BCUT2D eigenvalue weighted by molar-refractivity contribution is -0.189. The Labute approximate surface area is 236 Å². The average molecular weight is 544 g/mol. The molecule has 4 rings (SSSR count). The molecular formula is C33H53NO5. The number of aliphatic hydroxyl groups excluding tert-OH is 2. The molecule has 0 aromatic rings. The largest absolute Gasteiger partial charge is 0.511 e. The van der Waals surface area contributed by atoms with E-state index < -0.39 is 17.1 Å². The molecule has 0 radical (unpaired) electrons. The predicted octanol–water partition coefficient (Wildman–Crippen LogP) is 7.46. The first kappa shape index (κ1) is 30.4. The van der Waals surface area contributed by atoms with E-state index in [4.69, 9.17) is 9.47 Å². The van der Waals surface area contributed by atoms with Crippen LogP contribution in [0.3, 0.4) is 0 Å².